The molecule has 0 radical (unpaired) electrons. The van der Waals surface area contributed by atoms with Gasteiger partial charge in [-0.1, -0.05) is 12.1 Å². The summed E-state index contributed by atoms with van der Waals surface area (Å²) in [6.45, 7) is 3.42. The largest absolute Gasteiger partial charge is 0.484 e. The molecule has 8 nitrogen and oxygen atoms in total. The van der Waals surface area contributed by atoms with Gasteiger partial charge in [-0.05, 0) is 43.2 Å². The number of nitro benzene ring substituents is 1. The van der Waals surface area contributed by atoms with Crippen molar-refractivity contribution in [3.8, 4) is 5.75 Å². The molecular weight excluding hydrogens is 326 g/mol. The fourth-order valence-electron chi connectivity index (χ4n) is 1.98. The number of anilines is 1. The van der Waals surface area contributed by atoms with E-state index in [0.29, 0.717) is 5.69 Å². The number of benzene rings is 2. The highest BCUT2D eigenvalue weighted by atomic mass is 16.6. The SMILES string of the molecule is Cc1ccc(NC(=O)NC(=O)COc2cccc([N+](=O)[O-])c2)cc1C. The van der Waals surface area contributed by atoms with Crippen LogP contribution in [0.5, 0.6) is 5.75 Å². The van der Waals surface area contributed by atoms with Crippen LogP contribution < -0.4 is 15.4 Å². The van der Waals surface area contributed by atoms with Gasteiger partial charge in [0.05, 0.1) is 11.0 Å². The van der Waals surface area contributed by atoms with Crippen LogP contribution in [-0.2, 0) is 4.79 Å². The Bertz CT molecular complexity index is 820. The third-order valence-electron chi connectivity index (χ3n) is 3.42. The van der Waals surface area contributed by atoms with Crippen molar-refractivity contribution in [2.45, 2.75) is 13.8 Å². The molecule has 2 N–H and O–H groups in total. The second-order valence-corrected chi connectivity index (χ2v) is 5.34. The number of ether oxygens (including phenoxy) is 1. The van der Waals surface area contributed by atoms with Crippen LogP contribution in [0.1, 0.15) is 11.1 Å². The van der Waals surface area contributed by atoms with Crippen molar-refractivity contribution in [1.82, 2.24) is 5.32 Å². The van der Waals surface area contributed by atoms with Crippen LogP contribution in [0.2, 0.25) is 0 Å². The predicted octanol–water partition coefficient (Wildman–Crippen LogP) is 2.94. The van der Waals surface area contributed by atoms with Crippen molar-refractivity contribution in [1.29, 1.82) is 0 Å². The Balaban J connectivity index is 1.85. The Morgan fingerprint density at radius 1 is 1.12 bits per heavy atom. The van der Waals surface area contributed by atoms with Crippen LogP contribution in [-0.4, -0.2) is 23.5 Å². The molecule has 25 heavy (non-hydrogen) atoms. The van der Waals surface area contributed by atoms with E-state index in [1.807, 2.05) is 19.9 Å². The van der Waals surface area contributed by atoms with E-state index in [1.54, 1.807) is 12.1 Å². The molecule has 8 heteroatoms. The van der Waals surface area contributed by atoms with Gasteiger partial charge < -0.3 is 10.1 Å². The summed E-state index contributed by atoms with van der Waals surface area (Å²) >= 11 is 0. The monoisotopic (exact) mass is 343 g/mol. The van der Waals surface area contributed by atoms with E-state index in [9.17, 15) is 19.7 Å². The number of amides is 3. The number of non-ortho nitro benzene ring substituents is 1. The molecule has 0 atom stereocenters. The number of nitro groups is 1. The molecule has 0 aliphatic carbocycles. The third-order valence-corrected chi connectivity index (χ3v) is 3.42. The Hall–Kier alpha value is -3.42. The van der Waals surface area contributed by atoms with E-state index >= 15 is 0 Å². The van der Waals surface area contributed by atoms with Gasteiger partial charge in [-0.25, -0.2) is 4.79 Å². The normalized spacial score (nSPS) is 10.0. The van der Waals surface area contributed by atoms with E-state index in [0.717, 1.165) is 11.1 Å². The minimum absolute atomic E-state index is 0.148. The zero-order valence-electron chi connectivity index (χ0n) is 13.7. The van der Waals surface area contributed by atoms with Crippen molar-refractivity contribution in [3.05, 3.63) is 63.7 Å². The lowest BCUT2D eigenvalue weighted by atomic mass is 10.1. The van der Waals surface area contributed by atoms with Gasteiger partial charge in [-0.2, -0.15) is 0 Å². The summed E-state index contributed by atoms with van der Waals surface area (Å²) < 4.78 is 5.15. The Labute approximate surface area is 144 Å². The summed E-state index contributed by atoms with van der Waals surface area (Å²) in [4.78, 5) is 33.6. The van der Waals surface area contributed by atoms with Crippen molar-refractivity contribution in [2.75, 3.05) is 11.9 Å². The molecular formula is C17H17N3O5. The average Bonchev–Trinajstić information content (AvgIpc) is 2.56. The molecule has 0 fully saturated rings. The van der Waals surface area contributed by atoms with Crippen molar-refractivity contribution in [2.24, 2.45) is 0 Å². The Kier molecular flexibility index (Phi) is 5.67. The first-order valence-electron chi connectivity index (χ1n) is 7.40. The zero-order chi connectivity index (χ0) is 18.4. The van der Waals surface area contributed by atoms with Crippen molar-refractivity contribution >= 4 is 23.3 Å². The van der Waals surface area contributed by atoms with Gasteiger partial charge in [0.1, 0.15) is 5.75 Å². The first-order chi connectivity index (χ1) is 11.8. The number of carbonyl (C=O) groups excluding carboxylic acids is 2. The molecule has 0 aliphatic heterocycles. The molecule has 3 amide bonds. The quantitative estimate of drug-likeness (QED) is 0.640. The van der Waals surface area contributed by atoms with Crippen LogP contribution in [0.15, 0.2) is 42.5 Å². The number of carbonyl (C=O) groups is 2. The van der Waals surface area contributed by atoms with Gasteiger partial charge in [0.2, 0.25) is 0 Å². The molecule has 130 valence electrons. The summed E-state index contributed by atoms with van der Waals surface area (Å²) in [5.41, 5.74) is 2.52. The highest BCUT2D eigenvalue weighted by molar-refractivity contribution is 6.01. The summed E-state index contributed by atoms with van der Waals surface area (Å²) in [7, 11) is 0. The van der Waals surface area contributed by atoms with Crippen LogP contribution in [0.25, 0.3) is 0 Å². The second kappa shape index (κ2) is 7.91. The standard InChI is InChI=1S/C17H17N3O5/c1-11-6-7-13(8-12(11)2)18-17(22)19-16(21)10-25-15-5-3-4-14(9-15)20(23)24/h3-9H,10H2,1-2H3,(H2,18,19,21,22). The number of hydrogen-bond acceptors (Lipinski definition) is 5. The van der Waals surface area contributed by atoms with E-state index in [2.05, 4.69) is 10.6 Å². The van der Waals surface area contributed by atoms with E-state index in [1.165, 1.54) is 24.3 Å². The van der Waals surface area contributed by atoms with E-state index in [-0.39, 0.29) is 11.4 Å². The highest BCUT2D eigenvalue weighted by Crippen LogP contribution is 2.19. The van der Waals surface area contributed by atoms with Crippen molar-refractivity contribution in [3.63, 3.8) is 0 Å². The lowest BCUT2D eigenvalue weighted by molar-refractivity contribution is -0.384. The predicted molar refractivity (Wildman–Crippen MR) is 91.7 cm³/mol. The van der Waals surface area contributed by atoms with Gasteiger partial charge in [0.25, 0.3) is 11.6 Å². The van der Waals surface area contributed by atoms with E-state index in [4.69, 9.17) is 4.74 Å². The van der Waals surface area contributed by atoms with Crippen molar-refractivity contribution < 1.29 is 19.2 Å². The smallest absolute Gasteiger partial charge is 0.325 e. The molecule has 0 aromatic heterocycles. The number of hydrogen-bond donors (Lipinski definition) is 2. The maximum Gasteiger partial charge on any atom is 0.325 e. The molecule has 2 aromatic rings. The number of imide groups is 1. The number of aryl methyl sites for hydroxylation is 2. The molecule has 2 aromatic carbocycles. The lowest BCUT2D eigenvalue weighted by Gasteiger charge is -2.09. The molecule has 0 saturated carbocycles. The van der Waals surface area contributed by atoms with Gasteiger partial charge in [-0.3, -0.25) is 20.2 Å². The summed E-state index contributed by atoms with van der Waals surface area (Å²) in [5.74, 6) is -0.508. The lowest BCUT2D eigenvalue weighted by Crippen LogP contribution is -2.37. The summed E-state index contributed by atoms with van der Waals surface area (Å²) in [5, 5.41) is 15.3. The Morgan fingerprint density at radius 3 is 2.56 bits per heavy atom. The van der Waals surface area contributed by atoms with Crippen LogP contribution >= 0.6 is 0 Å². The highest BCUT2D eigenvalue weighted by Gasteiger charge is 2.11. The van der Waals surface area contributed by atoms with Gasteiger partial charge in [0, 0.05) is 11.8 Å². The first-order valence-corrected chi connectivity index (χ1v) is 7.40. The third kappa shape index (κ3) is 5.31. The molecule has 0 aliphatic rings. The minimum Gasteiger partial charge on any atom is -0.484 e. The molecule has 0 unspecified atom stereocenters. The molecule has 0 bridgehead atoms. The summed E-state index contributed by atoms with van der Waals surface area (Å²) in [6.07, 6.45) is 0. The minimum atomic E-state index is -0.684. The number of nitrogens with one attached hydrogen (secondary N) is 2. The zero-order valence-corrected chi connectivity index (χ0v) is 13.7. The molecule has 2 rings (SSSR count). The van der Waals surface area contributed by atoms with E-state index < -0.39 is 23.5 Å². The maximum absolute atomic E-state index is 11.8. The van der Waals surface area contributed by atoms with Gasteiger partial charge in [-0.15, -0.1) is 0 Å². The van der Waals surface area contributed by atoms with Crippen LogP contribution in [0, 0.1) is 24.0 Å². The fourth-order valence-corrected chi connectivity index (χ4v) is 1.98. The number of nitrogens with zero attached hydrogens (tertiary/aromatic N) is 1. The average molecular weight is 343 g/mol. The molecule has 0 spiro atoms. The Morgan fingerprint density at radius 2 is 1.88 bits per heavy atom. The topological polar surface area (TPSA) is 111 Å². The van der Waals surface area contributed by atoms with Crippen LogP contribution in [0.4, 0.5) is 16.2 Å². The molecule has 0 saturated heterocycles. The van der Waals surface area contributed by atoms with Gasteiger partial charge >= 0.3 is 6.03 Å². The number of rotatable bonds is 5. The second-order valence-electron chi connectivity index (χ2n) is 5.34. The first kappa shape index (κ1) is 17.9. The van der Waals surface area contributed by atoms with Crippen LogP contribution in [0.3, 0.4) is 0 Å². The molecule has 0 heterocycles. The number of urea groups is 1. The van der Waals surface area contributed by atoms with Gasteiger partial charge in [0.15, 0.2) is 6.61 Å². The summed E-state index contributed by atoms with van der Waals surface area (Å²) in [6, 6.07) is 10.1. The fraction of sp³-hybridized carbons (Fsp3) is 0.176. The maximum atomic E-state index is 11.8.